The molecule has 1 saturated carbocycles. The predicted octanol–water partition coefficient (Wildman–Crippen LogP) is 1.68. The molecule has 1 aliphatic rings. The summed E-state index contributed by atoms with van der Waals surface area (Å²) < 4.78 is 5.52. The molecule has 3 N–H and O–H groups in total. The summed E-state index contributed by atoms with van der Waals surface area (Å²) >= 11 is 5.49. The minimum atomic E-state index is 0.289. The van der Waals surface area contributed by atoms with Gasteiger partial charge in [-0.3, -0.25) is 0 Å². The molecule has 0 heterocycles. The first-order chi connectivity index (χ1) is 11.1. The summed E-state index contributed by atoms with van der Waals surface area (Å²) in [7, 11) is 6.05. The highest BCUT2D eigenvalue weighted by Crippen LogP contribution is 2.22. The molecule has 2 rings (SSSR count). The van der Waals surface area contributed by atoms with Crippen LogP contribution in [-0.2, 0) is 0 Å². The van der Waals surface area contributed by atoms with Gasteiger partial charge in [-0.25, -0.2) is 0 Å². The summed E-state index contributed by atoms with van der Waals surface area (Å²) in [5, 5.41) is 7.65. The molecule has 1 fully saturated rings. The number of rotatable bonds is 6. The summed E-state index contributed by atoms with van der Waals surface area (Å²) in [5.74, 6) is 0.937. The Morgan fingerprint density at radius 2 is 1.96 bits per heavy atom. The molecule has 128 valence electrons. The number of para-hydroxylation sites is 1. The second-order valence-electron chi connectivity index (χ2n) is 6.56. The summed E-state index contributed by atoms with van der Waals surface area (Å²) in [6.07, 6.45) is 6.45. The van der Waals surface area contributed by atoms with Crippen LogP contribution in [0.25, 0.3) is 0 Å². The number of hydrogen-bond donors (Lipinski definition) is 3. The van der Waals surface area contributed by atoms with Crippen molar-refractivity contribution in [3.63, 3.8) is 0 Å². The van der Waals surface area contributed by atoms with Crippen LogP contribution in [0.5, 0.6) is 5.75 Å². The summed E-state index contributed by atoms with van der Waals surface area (Å²) in [6, 6.07) is 9.05. The van der Waals surface area contributed by atoms with Gasteiger partial charge in [0.2, 0.25) is 0 Å². The molecule has 0 amide bonds. The molecule has 0 radical (unpaired) electrons. The van der Waals surface area contributed by atoms with Crippen molar-refractivity contribution in [3.05, 3.63) is 29.8 Å². The molecule has 1 aromatic carbocycles. The number of benzene rings is 1. The molecule has 0 unspecified atom stereocenters. The van der Waals surface area contributed by atoms with Crippen LogP contribution in [0, 0.1) is 0 Å². The average molecular weight is 337 g/mol. The van der Waals surface area contributed by atoms with Crippen molar-refractivity contribution in [1.82, 2.24) is 10.6 Å². The number of likely N-dealkylation sites (N-methyl/N-ethyl adjacent to an activating group) is 1. The molecule has 1 aliphatic carbocycles. The Bertz CT molecular complexity index is 501. The van der Waals surface area contributed by atoms with Gasteiger partial charge in [0.1, 0.15) is 11.8 Å². The van der Waals surface area contributed by atoms with Gasteiger partial charge in [0, 0.05) is 6.04 Å². The molecule has 4 nitrogen and oxygen atoms in total. The molecule has 0 bridgehead atoms. The van der Waals surface area contributed by atoms with E-state index in [1.165, 1.54) is 42.6 Å². The van der Waals surface area contributed by atoms with Gasteiger partial charge in [-0.15, -0.1) is 0 Å². The largest absolute Gasteiger partial charge is 0.496 e. The van der Waals surface area contributed by atoms with Gasteiger partial charge < -0.3 is 20.3 Å². The van der Waals surface area contributed by atoms with E-state index in [1.54, 1.807) is 7.11 Å². The van der Waals surface area contributed by atoms with Gasteiger partial charge in [0.05, 0.1) is 33.3 Å². The van der Waals surface area contributed by atoms with Crippen LogP contribution in [0.4, 0.5) is 0 Å². The zero-order valence-electron chi connectivity index (χ0n) is 14.5. The van der Waals surface area contributed by atoms with Gasteiger partial charge in [0.25, 0.3) is 0 Å². The Balaban J connectivity index is 1.93. The third kappa shape index (κ3) is 5.36. The maximum atomic E-state index is 5.52. The Kier molecular flexibility index (Phi) is 7.12. The molecule has 0 aromatic heterocycles. The highest BCUT2D eigenvalue weighted by molar-refractivity contribution is 7.80. The molecule has 0 saturated heterocycles. The van der Waals surface area contributed by atoms with Crippen molar-refractivity contribution < 1.29 is 9.64 Å². The number of ether oxygens (including phenoxy) is 1. The van der Waals surface area contributed by atoms with Gasteiger partial charge in [-0.1, -0.05) is 31.4 Å². The quantitative estimate of drug-likeness (QED) is 0.691. The minimum Gasteiger partial charge on any atom is -0.496 e. The van der Waals surface area contributed by atoms with Crippen LogP contribution in [0.1, 0.15) is 43.7 Å². The van der Waals surface area contributed by atoms with Crippen molar-refractivity contribution in [2.24, 2.45) is 0 Å². The highest BCUT2D eigenvalue weighted by atomic mass is 32.1. The lowest BCUT2D eigenvalue weighted by molar-refractivity contribution is -0.890. The third-order valence-corrected chi connectivity index (χ3v) is 4.88. The molecule has 5 heteroatoms. The van der Waals surface area contributed by atoms with E-state index in [-0.39, 0.29) is 6.04 Å². The number of thiocarbonyl (C=S) groups is 1. The van der Waals surface area contributed by atoms with E-state index in [9.17, 15) is 0 Å². The average Bonchev–Trinajstić information content (AvgIpc) is 2.56. The second-order valence-corrected chi connectivity index (χ2v) is 6.97. The van der Waals surface area contributed by atoms with Crippen LogP contribution >= 0.6 is 12.2 Å². The Labute approximate surface area is 145 Å². The molecule has 0 aliphatic heterocycles. The Morgan fingerprint density at radius 1 is 1.26 bits per heavy atom. The van der Waals surface area contributed by atoms with E-state index in [0.717, 1.165) is 17.4 Å². The summed E-state index contributed by atoms with van der Waals surface area (Å²) in [4.78, 5) is 1.35. The maximum absolute atomic E-state index is 5.52. The monoisotopic (exact) mass is 336 g/mol. The Hall–Kier alpha value is -1.33. The number of methoxy groups -OCH3 is 1. The van der Waals surface area contributed by atoms with Crippen LogP contribution in [-0.4, -0.2) is 38.9 Å². The second kappa shape index (κ2) is 9.08. The van der Waals surface area contributed by atoms with E-state index >= 15 is 0 Å². The minimum absolute atomic E-state index is 0.289. The summed E-state index contributed by atoms with van der Waals surface area (Å²) in [6.45, 7) is 0.793. The van der Waals surface area contributed by atoms with Crippen molar-refractivity contribution in [3.8, 4) is 5.75 Å². The van der Waals surface area contributed by atoms with Crippen molar-refractivity contribution in [2.45, 2.75) is 44.2 Å². The number of nitrogens with one attached hydrogen (secondary N) is 3. The highest BCUT2D eigenvalue weighted by Gasteiger charge is 2.22. The fourth-order valence-corrected chi connectivity index (χ4v) is 3.51. The van der Waals surface area contributed by atoms with Gasteiger partial charge in [0.15, 0.2) is 5.11 Å². The standard InChI is InChI=1S/C18H29N3OS/c1-21(2)16(15-11-7-8-12-17(15)22-3)13-19-18(23)20-14-9-5-4-6-10-14/h7-8,11-12,14,16H,4-6,9-10,13H2,1-3H3,(H2,19,20,23)/p+1/t16-/m1/s1. The smallest absolute Gasteiger partial charge is 0.166 e. The SMILES string of the molecule is COc1ccccc1[C@@H](CNC(=S)NC1CCCCC1)[NH+](C)C. The van der Waals surface area contributed by atoms with Crippen molar-refractivity contribution >= 4 is 17.3 Å². The van der Waals surface area contributed by atoms with Crippen LogP contribution in [0.15, 0.2) is 24.3 Å². The lowest BCUT2D eigenvalue weighted by Crippen LogP contribution is -3.07. The van der Waals surface area contributed by atoms with E-state index in [1.807, 2.05) is 12.1 Å². The molecule has 1 atom stereocenters. The van der Waals surface area contributed by atoms with Crippen molar-refractivity contribution in [2.75, 3.05) is 27.7 Å². The maximum Gasteiger partial charge on any atom is 0.166 e. The predicted molar refractivity (Wildman–Crippen MR) is 99.2 cm³/mol. The molecular formula is C18H30N3OS+. The lowest BCUT2D eigenvalue weighted by atomic mass is 9.96. The Morgan fingerprint density at radius 3 is 2.61 bits per heavy atom. The first kappa shape index (κ1) is 18.0. The first-order valence-electron chi connectivity index (χ1n) is 8.59. The molecule has 0 spiro atoms. The van der Waals surface area contributed by atoms with Crippen LogP contribution < -0.4 is 20.3 Å². The zero-order valence-corrected chi connectivity index (χ0v) is 15.3. The van der Waals surface area contributed by atoms with Crippen LogP contribution in [0.3, 0.4) is 0 Å². The van der Waals surface area contributed by atoms with Gasteiger partial charge >= 0.3 is 0 Å². The van der Waals surface area contributed by atoms with E-state index in [2.05, 4.69) is 36.9 Å². The fraction of sp³-hybridized carbons (Fsp3) is 0.611. The lowest BCUT2D eigenvalue weighted by Gasteiger charge is -2.27. The number of quaternary nitrogens is 1. The van der Waals surface area contributed by atoms with E-state index in [4.69, 9.17) is 17.0 Å². The fourth-order valence-electron chi connectivity index (χ4n) is 3.26. The van der Waals surface area contributed by atoms with E-state index in [0.29, 0.717) is 6.04 Å². The van der Waals surface area contributed by atoms with Crippen molar-refractivity contribution in [1.29, 1.82) is 0 Å². The summed E-state index contributed by atoms with van der Waals surface area (Å²) in [5.41, 5.74) is 1.21. The van der Waals surface area contributed by atoms with E-state index < -0.39 is 0 Å². The van der Waals surface area contributed by atoms with Gasteiger partial charge in [-0.2, -0.15) is 0 Å². The van der Waals surface area contributed by atoms with Crippen LogP contribution in [0.2, 0.25) is 0 Å². The first-order valence-corrected chi connectivity index (χ1v) is 9.00. The molecule has 1 aromatic rings. The third-order valence-electron chi connectivity index (χ3n) is 4.62. The normalized spacial score (nSPS) is 16.9. The zero-order chi connectivity index (χ0) is 16.7. The topological polar surface area (TPSA) is 37.7 Å². The number of hydrogen-bond acceptors (Lipinski definition) is 2. The molecule has 23 heavy (non-hydrogen) atoms. The van der Waals surface area contributed by atoms with Gasteiger partial charge in [-0.05, 0) is 37.2 Å². The molecular weight excluding hydrogens is 306 g/mol.